The van der Waals surface area contributed by atoms with Gasteiger partial charge in [-0.1, -0.05) is 12.1 Å². The molecule has 0 radical (unpaired) electrons. The molecule has 0 atom stereocenters. The van der Waals surface area contributed by atoms with Crippen LogP contribution in [0.4, 0.5) is 10.1 Å². The Morgan fingerprint density at radius 3 is 2.45 bits per heavy atom. The molecule has 4 heteroatoms. The van der Waals surface area contributed by atoms with Crippen molar-refractivity contribution < 1.29 is 4.39 Å². The minimum Gasteiger partial charge on any atom is -0.370 e. The van der Waals surface area contributed by atoms with E-state index in [1.807, 2.05) is 27.0 Å². The Kier molecular flexibility index (Phi) is 4.35. The molecule has 0 aliphatic rings. The average molecular weight is 273 g/mol. The number of rotatable bonds is 4. The van der Waals surface area contributed by atoms with Crippen molar-refractivity contribution >= 4 is 5.69 Å². The second-order valence-corrected chi connectivity index (χ2v) is 5.03. The molecule has 0 saturated carbocycles. The molecular weight excluding hydrogens is 253 g/mol. The summed E-state index contributed by atoms with van der Waals surface area (Å²) in [4.78, 5) is 6.57. The molecule has 2 rings (SSSR count). The third-order valence-electron chi connectivity index (χ3n) is 3.38. The van der Waals surface area contributed by atoms with E-state index >= 15 is 0 Å². The van der Waals surface area contributed by atoms with Crippen LogP contribution in [0.25, 0.3) is 0 Å². The van der Waals surface area contributed by atoms with Gasteiger partial charge in [-0.2, -0.15) is 0 Å². The average Bonchev–Trinajstić information content (AvgIpc) is 2.40. The van der Waals surface area contributed by atoms with Crippen LogP contribution in [0.15, 0.2) is 30.3 Å². The van der Waals surface area contributed by atoms with Crippen molar-refractivity contribution in [1.82, 2.24) is 4.98 Å². The number of hydrogen-bond donors (Lipinski definition) is 1. The highest BCUT2D eigenvalue weighted by Gasteiger charge is 2.11. The molecule has 106 valence electrons. The fourth-order valence-corrected chi connectivity index (χ4v) is 2.38. The molecule has 0 unspecified atom stereocenters. The fourth-order valence-electron chi connectivity index (χ4n) is 2.38. The van der Waals surface area contributed by atoms with Crippen LogP contribution in [0, 0.1) is 19.7 Å². The van der Waals surface area contributed by atoms with Gasteiger partial charge in [-0.05, 0) is 37.6 Å². The number of benzene rings is 1. The predicted octanol–water partition coefficient (Wildman–Crippen LogP) is 2.93. The van der Waals surface area contributed by atoms with Crippen molar-refractivity contribution in [2.24, 2.45) is 5.73 Å². The predicted molar refractivity (Wildman–Crippen MR) is 80.1 cm³/mol. The van der Waals surface area contributed by atoms with E-state index in [1.54, 1.807) is 12.1 Å². The van der Waals surface area contributed by atoms with Gasteiger partial charge in [0.25, 0.3) is 0 Å². The molecule has 2 N–H and O–H groups in total. The zero-order valence-corrected chi connectivity index (χ0v) is 12.2. The maximum absolute atomic E-state index is 12.9. The minimum absolute atomic E-state index is 0.213. The van der Waals surface area contributed by atoms with Gasteiger partial charge in [0.05, 0.1) is 0 Å². The van der Waals surface area contributed by atoms with Gasteiger partial charge in [0.2, 0.25) is 0 Å². The lowest BCUT2D eigenvalue weighted by Gasteiger charge is -2.23. The van der Waals surface area contributed by atoms with E-state index in [1.165, 1.54) is 12.1 Å². The van der Waals surface area contributed by atoms with Gasteiger partial charge in [-0.15, -0.1) is 0 Å². The van der Waals surface area contributed by atoms with Crippen LogP contribution in [0.1, 0.15) is 22.5 Å². The van der Waals surface area contributed by atoms with E-state index in [9.17, 15) is 4.39 Å². The number of pyridine rings is 1. The van der Waals surface area contributed by atoms with Crippen molar-refractivity contribution in [2.45, 2.75) is 26.9 Å². The standard InChI is InChI=1S/C16H20FN3/c1-11-8-16(15(9-18)12(2)19-11)20(3)10-13-4-6-14(17)7-5-13/h4-8H,9-10,18H2,1-3H3. The van der Waals surface area contributed by atoms with Gasteiger partial charge in [-0.25, -0.2) is 4.39 Å². The molecule has 0 spiro atoms. The Balaban J connectivity index is 2.28. The summed E-state index contributed by atoms with van der Waals surface area (Å²) in [5.74, 6) is -0.213. The Labute approximate surface area is 119 Å². The summed E-state index contributed by atoms with van der Waals surface area (Å²) >= 11 is 0. The second kappa shape index (κ2) is 6.01. The molecule has 1 aromatic carbocycles. The highest BCUT2D eigenvalue weighted by atomic mass is 19.1. The molecule has 0 aliphatic heterocycles. The number of aryl methyl sites for hydroxylation is 2. The first-order valence-electron chi connectivity index (χ1n) is 6.64. The van der Waals surface area contributed by atoms with Crippen LogP contribution in [0.5, 0.6) is 0 Å². The Bertz CT molecular complexity index is 593. The molecule has 1 aromatic heterocycles. The van der Waals surface area contributed by atoms with E-state index in [0.717, 1.165) is 28.2 Å². The molecule has 0 aliphatic carbocycles. The first kappa shape index (κ1) is 14.5. The summed E-state index contributed by atoms with van der Waals surface area (Å²) in [5, 5.41) is 0. The Hall–Kier alpha value is -1.94. The summed E-state index contributed by atoms with van der Waals surface area (Å²) in [7, 11) is 2.01. The minimum atomic E-state index is -0.213. The quantitative estimate of drug-likeness (QED) is 0.931. The summed E-state index contributed by atoms with van der Waals surface area (Å²) < 4.78 is 12.9. The van der Waals surface area contributed by atoms with E-state index in [2.05, 4.69) is 9.88 Å². The molecule has 3 nitrogen and oxygen atoms in total. The molecule has 20 heavy (non-hydrogen) atoms. The number of halogens is 1. The van der Waals surface area contributed by atoms with Gasteiger partial charge >= 0.3 is 0 Å². The molecule has 0 amide bonds. The zero-order chi connectivity index (χ0) is 14.7. The first-order valence-corrected chi connectivity index (χ1v) is 6.64. The van der Waals surface area contributed by atoms with Crippen LogP contribution in [-0.4, -0.2) is 12.0 Å². The summed E-state index contributed by atoms with van der Waals surface area (Å²) in [5.41, 5.74) is 11.0. The monoisotopic (exact) mass is 273 g/mol. The number of nitrogens with zero attached hydrogens (tertiary/aromatic N) is 2. The number of anilines is 1. The van der Waals surface area contributed by atoms with Gasteiger partial charge in [0.15, 0.2) is 0 Å². The molecule has 0 fully saturated rings. The van der Waals surface area contributed by atoms with Crippen molar-refractivity contribution in [3.05, 3.63) is 58.7 Å². The SMILES string of the molecule is Cc1cc(N(C)Cc2ccc(F)cc2)c(CN)c(C)n1. The maximum Gasteiger partial charge on any atom is 0.123 e. The van der Waals surface area contributed by atoms with Crippen LogP contribution in [-0.2, 0) is 13.1 Å². The molecule has 1 heterocycles. The zero-order valence-electron chi connectivity index (χ0n) is 12.2. The first-order chi connectivity index (χ1) is 9.51. The van der Waals surface area contributed by atoms with E-state index in [0.29, 0.717) is 13.1 Å². The lowest BCUT2D eigenvalue weighted by molar-refractivity contribution is 0.627. The van der Waals surface area contributed by atoms with Crippen molar-refractivity contribution in [3.8, 4) is 0 Å². The summed E-state index contributed by atoms with van der Waals surface area (Å²) in [6.07, 6.45) is 0. The smallest absolute Gasteiger partial charge is 0.123 e. The lowest BCUT2D eigenvalue weighted by atomic mass is 10.1. The van der Waals surface area contributed by atoms with E-state index < -0.39 is 0 Å². The summed E-state index contributed by atoms with van der Waals surface area (Å²) in [6, 6.07) is 8.61. The van der Waals surface area contributed by atoms with Gasteiger partial charge in [0, 0.05) is 42.8 Å². The van der Waals surface area contributed by atoms with Crippen molar-refractivity contribution in [2.75, 3.05) is 11.9 Å². The number of nitrogens with two attached hydrogens (primary N) is 1. The van der Waals surface area contributed by atoms with E-state index in [4.69, 9.17) is 5.73 Å². The second-order valence-electron chi connectivity index (χ2n) is 5.03. The fraction of sp³-hybridized carbons (Fsp3) is 0.312. The van der Waals surface area contributed by atoms with Crippen LogP contribution >= 0.6 is 0 Å². The highest BCUT2D eigenvalue weighted by molar-refractivity contribution is 5.55. The Morgan fingerprint density at radius 1 is 1.20 bits per heavy atom. The third-order valence-corrected chi connectivity index (χ3v) is 3.38. The van der Waals surface area contributed by atoms with Crippen molar-refractivity contribution in [3.63, 3.8) is 0 Å². The van der Waals surface area contributed by atoms with Crippen LogP contribution in [0.3, 0.4) is 0 Å². The largest absolute Gasteiger partial charge is 0.370 e. The topological polar surface area (TPSA) is 42.1 Å². The normalized spacial score (nSPS) is 10.7. The number of hydrogen-bond acceptors (Lipinski definition) is 3. The van der Waals surface area contributed by atoms with Crippen LogP contribution in [0.2, 0.25) is 0 Å². The highest BCUT2D eigenvalue weighted by Crippen LogP contribution is 2.24. The van der Waals surface area contributed by atoms with Crippen LogP contribution < -0.4 is 10.6 Å². The molecule has 2 aromatic rings. The van der Waals surface area contributed by atoms with Gasteiger partial charge in [-0.3, -0.25) is 4.98 Å². The molecular formula is C16H20FN3. The number of aromatic nitrogens is 1. The van der Waals surface area contributed by atoms with Gasteiger partial charge < -0.3 is 10.6 Å². The van der Waals surface area contributed by atoms with Gasteiger partial charge in [0.1, 0.15) is 5.82 Å². The van der Waals surface area contributed by atoms with Crippen molar-refractivity contribution in [1.29, 1.82) is 0 Å². The maximum atomic E-state index is 12.9. The molecule has 0 bridgehead atoms. The Morgan fingerprint density at radius 2 is 1.85 bits per heavy atom. The summed E-state index contributed by atoms with van der Waals surface area (Å²) in [6.45, 7) is 5.12. The third kappa shape index (κ3) is 3.14. The van der Waals surface area contributed by atoms with E-state index in [-0.39, 0.29) is 5.82 Å². The lowest BCUT2D eigenvalue weighted by Crippen LogP contribution is -2.20. The molecule has 0 saturated heterocycles.